The van der Waals surface area contributed by atoms with Crippen LogP contribution in [-0.2, 0) is 0 Å². The highest BCUT2D eigenvalue weighted by Crippen LogP contribution is 2.29. The minimum absolute atomic E-state index is 0.398. The molecular formula is C19H24O2. The smallest absolute Gasteiger partial charge is 0.130 e. The first-order valence-corrected chi connectivity index (χ1v) is 7.57. The fourth-order valence-corrected chi connectivity index (χ4v) is 2.21. The van der Waals surface area contributed by atoms with Crippen molar-refractivity contribution in [3.8, 4) is 11.5 Å². The maximum absolute atomic E-state index is 9.81. The topological polar surface area (TPSA) is 29.5 Å². The number of rotatable bonds is 5. The molecule has 0 radical (unpaired) electrons. The molecule has 0 fully saturated rings. The Balaban J connectivity index is 2.20. The number of benzene rings is 2. The highest BCUT2D eigenvalue weighted by Gasteiger charge is 2.08. The quantitative estimate of drug-likeness (QED) is 0.801. The van der Waals surface area contributed by atoms with Gasteiger partial charge in [0, 0.05) is 0 Å². The third-order valence-corrected chi connectivity index (χ3v) is 3.76. The molecule has 21 heavy (non-hydrogen) atoms. The number of hydrogen-bond acceptors (Lipinski definition) is 2. The van der Waals surface area contributed by atoms with Crippen LogP contribution in [-0.4, -0.2) is 5.11 Å². The lowest BCUT2D eigenvalue weighted by Gasteiger charge is -2.13. The third-order valence-electron chi connectivity index (χ3n) is 3.76. The average Bonchev–Trinajstić information content (AvgIpc) is 2.49. The van der Waals surface area contributed by atoms with E-state index >= 15 is 0 Å². The Labute approximate surface area is 127 Å². The van der Waals surface area contributed by atoms with Gasteiger partial charge in [-0.05, 0) is 54.2 Å². The zero-order chi connectivity index (χ0) is 15.4. The van der Waals surface area contributed by atoms with E-state index in [-0.39, 0.29) is 0 Å². The molecule has 0 amide bonds. The Bertz CT molecular complexity index is 585. The Morgan fingerprint density at radius 1 is 1.00 bits per heavy atom. The third kappa shape index (κ3) is 3.85. The minimum Gasteiger partial charge on any atom is -0.457 e. The zero-order valence-corrected chi connectivity index (χ0v) is 13.3. The Kier molecular flexibility index (Phi) is 5.03. The fourth-order valence-electron chi connectivity index (χ4n) is 2.21. The van der Waals surface area contributed by atoms with E-state index in [1.54, 1.807) is 0 Å². The van der Waals surface area contributed by atoms with E-state index in [1.807, 2.05) is 31.2 Å². The van der Waals surface area contributed by atoms with Gasteiger partial charge < -0.3 is 9.84 Å². The second kappa shape index (κ2) is 6.77. The number of hydrogen-bond donors (Lipinski definition) is 1. The molecule has 0 bridgehead atoms. The first-order valence-electron chi connectivity index (χ1n) is 7.57. The molecule has 0 aliphatic carbocycles. The number of aliphatic hydroxyl groups excluding tert-OH is 1. The molecule has 2 aromatic rings. The summed E-state index contributed by atoms with van der Waals surface area (Å²) in [6.45, 7) is 8.37. The van der Waals surface area contributed by atoms with Crippen molar-refractivity contribution in [1.82, 2.24) is 0 Å². The van der Waals surface area contributed by atoms with Crippen molar-refractivity contribution < 1.29 is 9.84 Å². The molecule has 0 spiro atoms. The van der Waals surface area contributed by atoms with Crippen molar-refractivity contribution in [3.63, 3.8) is 0 Å². The van der Waals surface area contributed by atoms with E-state index in [0.29, 0.717) is 5.92 Å². The summed E-state index contributed by atoms with van der Waals surface area (Å²) in [6, 6.07) is 14.0. The molecule has 2 heteroatoms. The van der Waals surface area contributed by atoms with Crippen LogP contribution in [0, 0.1) is 6.92 Å². The fraction of sp³-hybridized carbons (Fsp3) is 0.368. The Morgan fingerprint density at radius 2 is 1.62 bits per heavy atom. The van der Waals surface area contributed by atoms with Crippen LogP contribution in [0.1, 0.15) is 55.9 Å². The van der Waals surface area contributed by atoms with E-state index in [4.69, 9.17) is 4.74 Å². The number of aryl methyl sites for hydroxylation is 1. The average molecular weight is 284 g/mol. The van der Waals surface area contributed by atoms with Crippen molar-refractivity contribution in [3.05, 3.63) is 59.2 Å². The molecule has 1 atom stereocenters. The van der Waals surface area contributed by atoms with Crippen molar-refractivity contribution in [2.45, 2.75) is 46.1 Å². The molecule has 2 aromatic carbocycles. The number of ether oxygens (including phenoxy) is 1. The van der Waals surface area contributed by atoms with Gasteiger partial charge in [-0.3, -0.25) is 0 Å². The van der Waals surface area contributed by atoms with Crippen molar-refractivity contribution >= 4 is 0 Å². The Hall–Kier alpha value is -1.80. The van der Waals surface area contributed by atoms with Gasteiger partial charge in [-0.1, -0.05) is 45.0 Å². The minimum atomic E-state index is -0.398. The summed E-state index contributed by atoms with van der Waals surface area (Å²) < 4.78 is 5.99. The molecule has 2 nitrogen and oxygen atoms in total. The van der Waals surface area contributed by atoms with Gasteiger partial charge in [-0.15, -0.1) is 0 Å². The summed E-state index contributed by atoms with van der Waals surface area (Å²) in [4.78, 5) is 0. The molecule has 1 N–H and O–H groups in total. The molecule has 0 aromatic heterocycles. The molecule has 0 saturated heterocycles. The van der Waals surface area contributed by atoms with Gasteiger partial charge in [-0.25, -0.2) is 0 Å². The SMILES string of the molecule is CCC(O)c1ccc(Oc2cc(C(C)C)ccc2C)cc1. The van der Waals surface area contributed by atoms with Crippen molar-refractivity contribution in [2.24, 2.45) is 0 Å². The number of aliphatic hydroxyl groups is 1. The second-order valence-electron chi connectivity index (χ2n) is 5.77. The molecule has 112 valence electrons. The van der Waals surface area contributed by atoms with Gasteiger partial charge in [0.05, 0.1) is 6.10 Å². The molecule has 0 saturated carbocycles. The maximum atomic E-state index is 9.81. The molecule has 0 aliphatic heterocycles. The van der Waals surface area contributed by atoms with Gasteiger partial charge >= 0.3 is 0 Å². The van der Waals surface area contributed by atoms with Crippen molar-refractivity contribution in [2.75, 3.05) is 0 Å². The first-order chi connectivity index (χ1) is 10.0. The normalized spacial score (nSPS) is 12.5. The zero-order valence-electron chi connectivity index (χ0n) is 13.3. The standard InChI is InChI=1S/C19H24O2/c1-5-18(20)15-8-10-17(11-9-15)21-19-12-16(13(2)3)7-6-14(19)4/h6-13,18,20H,5H2,1-4H3. The summed E-state index contributed by atoms with van der Waals surface area (Å²) in [5.74, 6) is 2.17. The summed E-state index contributed by atoms with van der Waals surface area (Å²) in [6.07, 6.45) is 0.320. The Morgan fingerprint density at radius 3 is 2.19 bits per heavy atom. The van der Waals surface area contributed by atoms with E-state index in [1.165, 1.54) is 5.56 Å². The molecule has 0 heterocycles. The lowest BCUT2D eigenvalue weighted by Crippen LogP contribution is -1.95. The highest BCUT2D eigenvalue weighted by molar-refractivity contribution is 5.41. The van der Waals surface area contributed by atoms with E-state index in [9.17, 15) is 5.11 Å². The molecule has 2 rings (SSSR count). The van der Waals surface area contributed by atoms with E-state index < -0.39 is 6.10 Å². The van der Waals surface area contributed by atoms with Crippen LogP contribution in [0.25, 0.3) is 0 Å². The lowest BCUT2D eigenvalue weighted by molar-refractivity contribution is 0.173. The summed E-state index contributed by atoms with van der Waals surface area (Å²) in [5.41, 5.74) is 3.32. The van der Waals surface area contributed by atoms with Gasteiger partial charge in [0.2, 0.25) is 0 Å². The maximum Gasteiger partial charge on any atom is 0.130 e. The van der Waals surface area contributed by atoms with Crippen LogP contribution in [0.3, 0.4) is 0 Å². The molecular weight excluding hydrogens is 260 g/mol. The van der Waals surface area contributed by atoms with Crippen LogP contribution >= 0.6 is 0 Å². The van der Waals surface area contributed by atoms with Gasteiger partial charge in [0.25, 0.3) is 0 Å². The predicted octanol–water partition coefficient (Wildman–Crippen LogP) is 5.35. The van der Waals surface area contributed by atoms with Crippen LogP contribution < -0.4 is 4.74 Å². The molecule has 1 unspecified atom stereocenters. The van der Waals surface area contributed by atoms with E-state index in [2.05, 4.69) is 39.0 Å². The van der Waals surface area contributed by atoms with Gasteiger partial charge in [0.15, 0.2) is 0 Å². The summed E-state index contributed by atoms with van der Waals surface area (Å²) in [5, 5.41) is 9.81. The van der Waals surface area contributed by atoms with Crippen LogP contribution in [0.2, 0.25) is 0 Å². The van der Waals surface area contributed by atoms with Crippen LogP contribution in [0.4, 0.5) is 0 Å². The first kappa shape index (κ1) is 15.6. The second-order valence-corrected chi connectivity index (χ2v) is 5.77. The van der Waals surface area contributed by atoms with Crippen molar-refractivity contribution in [1.29, 1.82) is 0 Å². The monoisotopic (exact) mass is 284 g/mol. The van der Waals surface area contributed by atoms with Gasteiger partial charge in [-0.2, -0.15) is 0 Å². The van der Waals surface area contributed by atoms with Crippen LogP contribution in [0.15, 0.2) is 42.5 Å². The molecule has 0 aliphatic rings. The van der Waals surface area contributed by atoms with Gasteiger partial charge in [0.1, 0.15) is 11.5 Å². The lowest BCUT2D eigenvalue weighted by atomic mass is 10.0. The predicted molar refractivity (Wildman–Crippen MR) is 87.0 cm³/mol. The summed E-state index contributed by atoms with van der Waals surface area (Å²) in [7, 11) is 0. The van der Waals surface area contributed by atoms with Crippen LogP contribution in [0.5, 0.6) is 11.5 Å². The highest BCUT2D eigenvalue weighted by atomic mass is 16.5. The summed E-state index contributed by atoms with van der Waals surface area (Å²) >= 11 is 0. The largest absolute Gasteiger partial charge is 0.457 e. The van der Waals surface area contributed by atoms with E-state index in [0.717, 1.165) is 29.0 Å².